The summed E-state index contributed by atoms with van der Waals surface area (Å²) in [6, 6.07) is 0. The van der Waals surface area contributed by atoms with Crippen molar-refractivity contribution in [1.29, 1.82) is 0 Å². The van der Waals surface area contributed by atoms with Crippen LogP contribution in [0.3, 0.4) is 0 Å². The molecule has 108 valence electrons. The highest BCUT2D eigenvalue weighted by Crippen LogP contribution is 2.53. The molecule has 3 fully saturated rings. The van der Waals surface area contributed by atoms with E-state index in [1.807, 2.05) is 0 Å². The summed E-state index contributed by atoms with van der Waals surface area (Å²) in [7, 11) is 0. The fourth-order valence-corrected chi connectivity index (χ4v) is 3.77. The van der Waals surface area contributed by atoms with E-state index in [1.54, 1.807) is 0 Å². The van der Waals surface area contributed by atoms with Crippen molar-refractivity contribution in [3.63, 3.8) is 0 Å². The van der Waals surface area contributed by atoms with Crippen molar-refractivity contribution in [2.75, 3.05) is 0 Å². The van der Waals surface area contributed by atoms with Gasteiger partial charge in [-0.1, -0.05) is 39.5 Å². The molecule has 2 heterocycles. The number of epoxide rings is 1. The van der Waals surface area contributed by atoms with E-state index in [2.05, 4.69) is 13.8 Å². The van der Waals surface area contributed by atoms with E-state index >= 15 is 0 Å². The first-order chi connectivity index (χ1) is 9.17. The van der Waals surface area contributed by atoms with Crippen molar-refractivity contribution in [2.45, 2.75) is 82.7 Å². The van der Waals surface area contributed by atoms with Crippen molar-refractivity contribution in [2.24, 2.45) is 5.92 Å². The molecule has 0 aromatic rings. The van der Waals surface area contributed by atoms with Gasteiger partial charge in [-0.2, -0.15) is 0 Å². The predicted octanol–water partition coefficient (Wildman–Crippen LogP) is 3.43. The molecule has 1 aliphatic carbocycles. The number of rotatable bonds is 6. The minimum absolute atomic E-state index is 0.0956. The number of hydrogen-bond acceptors (Lipinski definition) is 4. The number of unbranched alkanes of at least 4 members (excludes halogenated alkanes) is 4. The molecule has 1 saturated carbocycles. The van der Waals surface area contributed by atoms with Crippen LogP contribution in [0.4, 0.5) is 4.79 Å². The molecule has 0 spiro atoms. The van der Waals surface area contributed by atoms with E-state index in [0.717, 1.165) is 19.3 Å². The molecule has 19 heavy (non-hydrogen) atoms. The molecule has 0 N–H and O–H groups in total. The maximum Gasteiger partial charge on any atom is 0.509 e. The van der Waals surface area contributed by atoms with Gasteiger partial charge in [0.2, 0.25) is 0 Å². The molecule has 0 amide bonds. The molecule has 4 heteroatoms. The van der Waals surface area contributed by atoms with Gasteiger partial charge >= 0.3 is 6.16 Å². The van der Waals surface area contributed by atoms with Crippen LogP contribution in [-0.4, -0.2) is 30.1 Å². The normalized spacial score (nSPS) is 43.2. The average Bonchev–Trinajstić information content (AvgIpc) is 3.04. The topological polar surface area (TPSA) is 48.1 Å². The third-order valence-electron chi connectivity index (χ3n) is 4.99. The van der Waals surface area contributed by atoms with Gasteiger partial charge in [-0.3, -0.25) is 0 Å². The van der Waals surface area contributed by atoms with Crippen LogP contribution < -0.4 is 0 Å². The predicted molar refractivity (Wildman–Crippen MR) is 69.9 cm³/mol. The molecular formula is C15H24O4. The van der Waals surface area contributed by atoms with Crippen molar-refractivity contribution in [3.05, 3.63) is 0 Å². The molecule has 0 aromatic carbocycles. The monoisotopic (exact) mass is 268 g/mol. The molecule has 3 aliphatic rings. The van der Waals surface area contributed by atoms with Gasteiger partial charge in [0.15, 0.2) is 11.7 Å². The van der Waals surface area contributed by atoms with E-state index in [4.69, 9.17) is 14.2 Å². The van der Waals surface area contributed by atoms with Crippen molar-refractivity contribution >= 4 is 6.16 Å². The zero-order valence-electron chi connectivity index (χ0n) is 11.9. The second kappa shape index (κ2) is 4.97. The van der Waals surface area contributed by atoms with Crippen LogP contribution in [0.25, 0.3) is 0 Å². The zero-order valence-corrected chi connectivity index (χ0v) is 11.9. The molecule has 2 aliphatic heterocycles. The Morgan fingerprint density at radius 3 is 2.84 bits per heavy atom. The molecule has 4 nitrogen and oxygen atoms in total. The first kappa shape index (κ1) is 13.2. The van der Waals surface area contributed by atoms with Gasteiger partial charge in [0.1, 0.15) is 6.10 Å². The van der Waals surface area contributed by atoms with Gasteiger partial charge < -0.3 is 14.2 Å². The quantitative estimate of drug-likeness (QED) is 0.420. The second-order valence-corrected chi connectivity index (χ2v) is 6.29. The summed E-state index contributed by atoms with van der Waals surface area (Å²) in [6.07, 6.45) is 7.76. The maximum absolute atomic E-state index is 11.6. The number of carbonyl (C=O) groups excluding carboxylic acids is 1. The highest BCUT2D eigenvalue weighted by atomic mass is 16.8. The first-order valence-electron chi connectivity index (χ1n) is 7.72. The van der Waals surface area contributed by atoms with Crippen LogP contribution >= 0.6 is 0 Å². The van der Waals surface area contributed by atoms with Gasteiger partial charge in [-0.05, 0) is 19.3 Å². The van der Waals surface area contributed by atoms with E-state index in [-0.39, 0.29) is 12.2 Å². The van der Waals surface area contributed by atoms with E-state index < -0.39 is 11.8 Å². The summed E-state index contributed by atoms with van der Waals surface area (Å²) in [6.45, 7) is 4.38. The van der Waals surface area contributed by atoms with Gasteiger partial charge in [0, 0.05) is 5.92 Å². The fourth-order valence-electron chi connectivity index (χ4n) is 3.77. The SMILES string of the molecule is CCCCCCCC12OC(=O)OC1C1OC1CC2C. The van der Waals surface area contributed by atoms with Crippen LogP contribution in [0, 0.1) is 5.92 Å². The molecule has 5 unspecified atom stereocenters. The minimum atomic E-state index is -0.499. The summed E-state index contributed by atoms with van der Waals surface area (Å²) in [5.74, 6) is 0.332. The van der Waals surface area contributed by atoms with Gasteiger partial charge in [-0.15, -0.1) is 0 Å². The second-order valence-electron chi connectivity index (χ2n) is 6.29. The number of ether oxygens (including phenoxy) is 3. The van der Waals surface area contributed by atoms with Crippen LogP contribution in [0.1, 0.15) is 58.8 Å². The first-order valence-corrected chi connectivity index (χ1v) is 7.72. The van der Waals surface area contributed by atoms with Crippen LogP contribution in [0.2, 0.25) is 0 Å². The van der Waals surface area contributed by atoms with Crippen molar-refractivity contribution in [1.82, 2.24) is 0 Å². The van der Waals surface area contributed by atoms with Crippen LogP contribution in [0.5, 0.6) is 0 Å². The lowest BCUT2D eigenvalue weighted by molar-refractivity contribution is -0.0454. The molecular weight excluding hydrogens is 244 g/mol. The van der Waals surface area contributed by atoms with Crippen LogP contribution in [-0.2, 0) is 14.2 Å². The lowest BCUT2D eigenvalue weighted by Crippen LogP contribution is -2.52. The Labute approximate surface area is 114 Å². The van der Waals surface area contributed by atoms with Gasteiger partial charge in [-0.25, -0.2) is 4.79 Å². The molecule has 5 atom stereocenters. The minimum Gasteiger partial charge on any atom is -0.424 e. The molecule has 0 bridgehead atoms. The largest absolute Gasteiger partial charge is 0.509 e. The fraction of sp³-hybridized carbons (Fsp3) is 0.933. The number of carbonyl (C=O) groups is 1. The Kier molecular flexibility index (Phi) is 3.46. The molecule has 3 rings (SSSR count). The van der Waals surface area contributed by atoms with Crippen LogP contribution in [0.15, 0.2) is 0 Å². The van der Waals surface area contributed by atoms with Crippen molar-refractivity contribution < 1.29 is 19.0 Å². The molecule has 0 radical (unpaired) electrons. The Morgan fingerprint density at radius 1 is 1.26 bits per heavy atom. The van der Waals surface area contributed by atoms with Crippen molar-refractivity contribution in [3.8, 4) is 0 Å². The lowest BCUT2D eigenvalue weighted by Gasteiger charge is -2.38. The van der Waals surface area contributed by atoms with E-state index in [1.165, 1.54) is 25.7 Å². The summed E-state index contributed by atoms with van der Waals surface area (Å²) in [4.78, 5) is 11.6. The number of fused-ring (bicyclic) bond motifs is 3. The maximum atomic E-state index is 11.6. The van der Waals surface area contributed by atoms with E-state index in [9.17, 15) is 4.79 Å². The Bertz CT molecular complexity index is 356. The Morgan fingerprint density at radius 2 is 2.05 bits per heavy atom. The number of hydrogen-bond donors (Lipinski definition) is 0. The van der Waals surface area contributed by atoms with Gasteiger partial charge in [0.05, 0.1) is 6.10 Å². The molecule has 0 aromatic heterocycles. The summed E-state index contributed by atoms with van der Waals surface area (Å²) in [5.41, 5.74) is -0.416. The summed E-state index contributed by atoms with van der Waals surface area (Å²) >= 11 is 0. The third kappa shape index (κ3) is 2.24. The van der Waals surface area contributed by atoms with E-state index in [0.29, 0.717) is 12.0 Å². The summed E-state index contributed by atoms with van der Waals surface area (Å²) in [5, 5.41) is 0. The highest BCUT2D eigenvalue weighted by molar-refractivity contribution is 5.64. The summed E-state index contributed by atoms with van der Waals surface area (Å²) < 4.78 is 16.6. The molecule has 2 saturated heterocycles. The third-order valence-corrected chi connectivity index (χ3v) is 4.99. The standard InChI is InChI=1S/C15H24O4/c1-3-4-5-6-7-8-15-10(2)9-11-12(17-11)13(15)18-14(16)19-15/h10-13H,3-9H2,1-2H3. The average molecular weight is 268 g/mol. The lowest BCUT2D eigenvalue weighted by atomic mass is 9.71. The zero-order chi connectivity index (χ0) is 13.5. The Balaban J connectivity index is 1.62. The smallest absolute Gasteiger partial charge is 0.424 e. The Hall–Kier alpha value is -0.770. The highest BCUT2D eigenvalue weighted by Gasteiger charge is 2.68. The van der Waals surface area contributed by atoms with Gasteiger partial charge in [0.25, 0.3) is 0 Å².